The van der Waals surface area contributed by atoms with E-state index in [0.29, 0.717) is 12.0 Å². The highest BCUT2D eigenvalue weighted by atomic mass is 14.6. The first-order chi connectivity index (χ1) is 4.20. The van der Waals surface area contributed by atoms with E-state index in [9.17, 15) is 0 Å². The van der Waals surface area contributed by atoms with Gasteiger partial charge in [-0.2, -0.15) is 0 Å². The predicted octanol–water partition coefficient (Wildman–Crippen LogP) is 1.69. The predicted molar refractivity (Wildman–Crippen MR) is 40.1 cm³/mol. The first-order valence-electron chi connectivity index (χ1n) is 3.61. The van der Waals surface area contributed by atoms with Crippen molar-refractivity contribution in [3.05, 3.63) is 11.6 Å². The van der Waals surface area contributed by atoms with E-state index < -0.39 is 0 Å². The van der Waals surface area contributed by atoms with Gasteiger partial charge >= 0.3 is 0 Å². The highest BCUT2D eigenvalue weighted by Crippen LogP contribution is 2.21. The number of allylic oxidation sites excluding steroid dienone is 1. The van der Waals surface area contributed by atoms with Crippen molar-refractivity contribution < 1.29 is 0 Å². The summed E-state index contributed by atoms with van der Waals surface area (Å²) in [5.41, 5.74) is 7.30. The molecule has 0 aromatic heterocycles. The third kappa shape index (κ3) is 1.55. The van der Waals surface area contributed by atoms with Crippen LogP contribution in [0, 0.1) is 5.92 Å². The van der Waals surface area contributed by atoms with Crippen LogP contribution in [0.5, 0.6) is 0 Å². The first-order valence-corrected chi connectivity index (χ1v) is 3.61. The van der Waals surface area contributed by atoms with Gasteiger partial charge in [-0.15, -0.1) is 0 Å². The van der Waals surface area contributed by atoms with E-state index in [1.165, 1.54) is 12.0 Å². The van der Waals surface area contributed by atoms with E-state index in [4.69, 9.17) is 5.73 Å². The van der Waals surface area contributed by atoms with Crippen molar-refractivity contribution >= 4 is 0 Å². The molecule has 0 unspecified atom stereocenters. The van der Waals surface area contributed by atoms with Gasteiger partial charge in [0.1, 0.15) is 0 Å². The van der Waals surface area contributed by atoms with E-state index in [0.717, 1.165) is 6.42 Å². The van der Waals surface area contributed by atoms with Crippen LogP contribution in [0.25, 0.3) is 0 Å². The van der Waals surface area contributed by atoms with E-state index >= 15 is 0 Å². The zero-order valence-electron chi connectivity index (χ0n) is 6.22. The maximum atomic E-state index is 5.80. The van der Waals surface area contributed by atoms with Crippen molar-refractivity contribution in [2.75, 3.05) is 0 Å². The molecule has 9 heavy (non-hydrogen) atoms. The van der Waals surface area contributed by atoms with Crippen LogP contribution in [0.15, 0.2) is 11.6 Å². The molecule has 0 radical (unpaired) electrons. The zero-order valence-corrected chi connectivity index (χ0v) is 6.22. The molecule has 2 N–H and O–H groups in total. The van der Waals surface area contributed by atoms with Crippen LogP contribution in [0.3, 0.4) is 0 Å². The summed E-state index contributed by atoms with van der Waals surface area (Å²) in [6.45, 7) is 4.41. The lowest BCUT2D eigenvalue weighted by Crippen LogP contribution is -2.29. The van der Waals surface area contributed by atoms with Crippen LogP contribution in [-0.2, 0) is 0 Å². The monoisotopic (exact) mass is 125 g/mol. The Kier molecular flexibility index (Phi) is 1.91. The molecule has 0 heterocycles. The van der Waals surface area contributed by atoms with Gasteiger partial charge in [0, 0.05) is 6.04 Å². The van der Waals surface area contributed by atoms with Crippen LogP contribution in [-0.4, -0.2) is 6.04 Å². The molecule has 1 aliphatic carbocycles. The smallest absolute Gasteiger partial charge is 0.0102 e. The van der Waals surface area contributed by atoms with Crippen molar-refractivity contribution in [1.29, 1.82) is 0 Å². The average Bonchev–Trinajstić information content (AvgIpc) is 1.80. The van der Waals surface area contributed by atoms with Crippen LogP contribution >= 0.6 is 0 Å². The second kappa shape index (κ2) is 2.53. The molecule has 0 aromatic rings. The maximum Gasteiger partial charge on any atom is 0.0102 e. The third-order valence-corrected chi connectivity index (χ3v) is 2.11. The minimum absolute atomic E-state index is 0.411. The maximum absolute atomic E-state index is 5.80. The van der Waals surface area contributed by atoms with E-state index in [2.05, 4.69) is 19.9 Å². The molecule has 1 rings (SSSR count). The second-order valence-corrected chi connectivity index (χ2v) is 3.13. The van der Waals surface area contributed by atoms with Crippen LogP contribution in [0.2, 0.25) is 0 Å². The van der Waals surface area contributed by atoms with Gasteiger partial charge in [0.15, 0.2) is 0 Å². The molecule has 52 valence electrons. The first kappa shape index (κ1) is 6.81. The number of rotatable bonds is 0. The highest BCUT2D eigenvalue weighted by Gasteiger charge is 2.15. The fourth-order valence-electron chi connectivity index (χ4n) is 1.31. The Hall–Kier alpha value is -0.300. The summed E-state index contributed by atoms with van der Waals surface area (Å²) in [4.78, 5) is 0. The van der Waals surface area contributed by atoms with E-state index in [-0.39, 0.29) is 0 Å². The van der Waals surface area contributed by atoms with Crippen LogP contribution in [0.1, 0.15) is 26.7 Å². The van der Waals surface area contributed by atoms with Gasteiger partial charge in [0.25, 0.3) is 0 Å². The van der Waals surface area contributed by atoms with E-state index in [1.807, 2.05) is 0 Å². The van der Waals surface area contributed by atoms with Gasteiger partial charge in [0.05, 0.1) is 0 Å². The summed E-state index contributed by atoms with van der Waals surface area (Å²) >= 11 is 0. The SMILES string of the molecule is CC1=CC[C@@H](N)[C@H](C)C1. The van der Waals surface area contributed by atoms with Gasteiger partial charge < -0.3 is 5.73 Å². The van der Waals surface area contributed by atoms with Crippen molar-refractivity contribution in [1.82, 2.24) is 0 Å². The Morgan fingerprint density at radius 3 is 2.78 bits per heavy atom. The minimum atomic E-state index is 0.411. The van der Waals surface area contributed by atoms with Crippen LogP contribution in [0.4, 0.5) is 0 Å². The summed E-state index contributed by atoms with van der Waals surface area (Å²) in [6.07, 6.45) is 4.53. The molecule has 1 heteroatoms. The van der Waals surface area contributed by atoms with Gasteiger partial charge in [-0.1, -0.05) is 18.6 Å². The van der Waals surface area contributed by atoms with Gasteiger partial charge in [-0.05, 0) is 25.7 Å². The summed E-state index contributed by atoms with van der Waals surface area (Å²) in [5.74, 6) is 0.690. The van der Waals surface area contributed by atoms with Crippen molar-refractivity contribution in [3.63, 3.8) is 0 Å². The lowest BCUT2D eigenvalue weighted by molar-refractivity contribution is 0.434. The standard InChI is InChI=1S/C8H15N/c1-6-3-4-8(9)7(2)5-6/h3,7-8H,4-5,9H2,1-2H3/t7-,8-/m1/s1. The topological polar surface area (TPSA) is 26.0 Å². The molecule has 2 atom stereocenters. The molecule has 0 saturated carbocycles. The molecule has 0 amide bonds. The van der Waals surface area contributed by atoms with Crippen molar-refractivity contribution in [3.8, 4) is 0 Å². The number of nitrogens with two attached hydrogens (primary N) is 1. The highest BCUT2D eigenvalue weighted by molar-refractivity contribution is 5.06. The Balaban J connectivity index is 2.54. The fraction of sp³-hybridized carbons (Fsp3) is 0.750. The molecule has 1 nitrogen and oxygen atoms in total. The summed E-state index contributed by atoms with van der Waals surface area (Å²) in [7, 11) is 0. The van der Waals surface area contributed by atoms with E-state index in [1.54, 1.807) is 0 Å². The molecule has 1 aliphatic rings. The Bertz CT molecular complexity index is 127. The van der Waals surface area contributed by atoms with Gasteiger partial charge in [-0.3, -0.25) is 0 Å². The molecule has 0 aromatic carbocycles. The molecule has 0 fully saturated rings. The minimum Gasteiger partial charge on any atom is -0.327 e. The lowest BCUT2D eigenvalue weighted by Gasteiger charge is -2.23. The quantitative estimate of drug-likeness (QED) is 0.490. The zero-order chi connectivity index (χ0) is 6.85. The van der Waals surface area contributed by atoms with Gasteiger partial charge in [-0.25, -0.2) is 0 Å². The normalized spacial score (nSPS) is 36.1. The lowest BCUT2D eigenvalue weighted by atomic mass is 9.87. The van der Waals surface area contributed by atoms with Crippen LogP contribution < -0.4 is 5.73 Å². The van der Waals surface area contributed by atoms with Crippen molar-refractivity contribution in [2.45, 2.75) is 32.7 Å². The van der Waals surface area contributed by atoms with Gasteiger partial charge in [0.2, 0.25) is 0 Å². The second-order valence-electron chi connectivity index (χ2n) is 3.13. The summed E-state index contributed by atoms with van der Waals surface area (Å²) < 4.78 is 0. The number of hydrogen-bond donors (Lipinski definition) is 1. The Morgan fingerprint density at radius 1 is 1.67 bits per heavy atom. The fourth-order valence-corrected chi connectivity index (χ4v) is 1.31. The molecule has 0 spiro atoms. The molecular formula is C8H15N. The molecule has 0 saturated heterocycles. The largest absolute Gasteiger partial charge is 0.327 e. The molecular weight excluding hydrogens is 110 g/mol. The molecule has 0 bridgehead atoms. The summed E-state index contributed by atoms with van der Waals surface area (Å²) in [5, 5.41) is 0. The Morgan fingerprint density at radius 2 is 2.33 bits per heavy atom. The Labute approximate surface area is 56.9 Å². The third-order valence-electron chi connectivity index (χ3n) is 2.11. The average molecular weight is 125 g/mol. The molecule has 0 aliphatic heterocycles. The summed E-state index contributed by atoms with van der Waals surface area (Å²) in [6, 6.07) is 0.411. The van der Waals surface area contributed by atoms with Crippen molar-refractivity contribution in [2.24, 2.45) is 11.7 Å². The number of hydrogen-bond acceptors (Lipinski definition) is 1.